The lowest BCUT2D eigenvalue weighted by atomic mass is 10.0. The quantitative estimate of drug-likeness (QED) is 0.710. The summed E-state index contributed by atoms with van der Waals surface area (Å²) < 4.78 is 0. The molecule has 0 aliphatic rings. The number of halogens is 1. The van der Waals surface area contributed by atoms with Crippen molar-refractivity contribution in [1.82, 2.24) is 0 Å². The third kappa shape index (κ3) is 2.25. The van der Waals surface area contributed by atoms with Crippen LogP contribution in [-0.2, 0) is 0 Å². The van der Waals surface area contributed by atoms with Crippen LogP contribution >= 0.6 is 11.6 Å². The number of rotatable bonds is 2. The summed E-state index contributed by atoms with van der Waals surface area (Å²) in [6, 6.07) is 5.61. The van der Waals surface area contributed by atoms with Gasteiger partial charge in [-0.2, -0.15) is 0 Å². The van der Waals surface area contributed by atoms with E-state index in [1.54, 1.807) is 6.07 Å². The van der Waals surface area contributed by atoms with Gasteiger partial charge in [0.1, 0.15) is 5.76 Å². The first-order valence-corrected chi connectivity index (χ1v) is 4.58. The van der Waals surface area contributed by atoms with E-state index in [0.717, 1.165) is 5.56 Å². The van der Waals surface area contributed by atoms with Gasteiger partial charge >= 0.3 is 0 Å². The highest BCUT2D eigenvalue weighted by molar-refractivity contribution is 6.32. The monoisotopic (exact) mass is 196 g/mol. The van der Waals surface area contributed by atoms with E-state index in [0.29, 0.717) is 16.5 Å². The van der Waals surface area contributed by atoms with Crippen LogP contribution in [0.4, 0.5) is 0 Å². The van der Waals surface area contributed by atoms with Crippen LogP contribution in [0.15, 0.2) is 24.8 Å². The van der Waals surface area contributed by atoms with Crippen LogP contribution in [0, 0.1) is 0 Å². The SMILES string of the molecule is C=C(O)c1ccc(C(C)C)cc1Cl. The molecule has 1 rings (SSSR count). The molecule has 0 atom stereocenters. The van der Waals surface area contributed by atoms with E-state index in [1.807, 2.05) is 12.1 Å². The Morgan fingerprint density at radius 2 is 2.08 bits per heavy atom. The molecule has 0 saturated carbocycles. The molecule has 0 radical (unpaired) electrons. The van der Waals surface area contributed by atoms with Crippen molar-refractivity contribution in [2.24, 2.45) is 0 Å². The predicted octanol–water partition coefficient (Wildman–Crippen LogP) is 3.99. The van der Waals surface area contributed by atoms with E-state index in [1.165, 1.54) is 0 Å². The maximum Gasteiger partial charge on any atom is 0.117 e. The summed E-state index contributed by atoms with van der Waals surface area (Å²) in [5, 5.41) is 9.71. The molecule has 0 amide bonds. The Balaban J connectivity index is 3.13. The zero-order chi connectivity index (χ0) is 10.0. The molecule has 1 nitrogen and oxygen atoms in total. The lowest BCUT2D eigenvalue weighted by Gasteiger charge is -2.08. The van der Waals surface area contributed by atoms with Crippen LogP contribution in [0.3, 0.4) is 0 Å². The van der Waals surface area contributed by atoms with Gasteiger partial charge in [-0.1, -0.05) is 38.1 Å². The molecule has 0 aromatic heterocycles. The van der Waals surface area contributed by atoms with Crippen molar-refractivity contribution < 1.29 is 5.11 Å². The van der Waals surface area contributed by atoms with Crippen LogP contribution in [0.2, 0.25) is 5.02 Å². The highest BCUT2D eigenvalue weighted by atomic mass is 35.5. The van der Waals surface area contributed by atoms with Crippen LogP contribution in [-0.4, -0.2) is 5.11 Å². The summed E-state index contributed by atoms with van der Waals surface area (Å²) in [7, 11) is 0. The van der Waals surface area contributed by atoms with E-state index in [2.05, 4.69) is 20.4 Å². The van der Waals surface area contributed by atoms with Gasteiger partial charge in [-0.15, -0.1) is 0 Å². The molecule has 70 valence electrons. The second-order valence-electron chi connectivity index (χ2n) is 3.34. The predicted molar refractivity (Wildman–Crippen MR) is 57.2 cm³/mol. The van der Waals surface area contributed by atoms with Crippen molar-refractivity contribution in [2.75, 3.05) is 0 Å². The minimum absolute atomic E-state index is 0.0142. The van der Waals surface area contributed by atoms with Gasteiger partial charge in [0.25, 0.3) is 0 Å². The molecule has 0 aliphatic carbocycles. The largest absolute Gasteiger partial charge is 0.508 e. The standard InChI is InChI=1S/C11H13ClO/c1-7(2)9-4-5-10(8(3)13)11(12)6-9/h4-7,13H,3H2,1-2H3. The number of benzene rings is 1. The molecule has 0 heterocycles. The Labute approximate surface area is 83.7 Å². The molecule has 1 N–H and O–H groups in total. The first-order valence-electron chi connectivity index (χ1n) is 4.20. The summed E-state index contributed by atoms with van der Waals surface area (Å²) in [6.45, 7) is 7.62. The van der Waals surface area contributed by atoms with E-state index in [4.69, 9.17) is 16.7 Å². The smallest absolute Gasteiger partial charge is 0.117 e. The minimum Gasteiger partial charge on any atom is -0.508 e. The summed E-state index contributed by atoms with van der Waals surface area (Å²) in [6.07, 6.45) is 0. The third-order valence-electron chi connectivity index (χ3n) is 1.97. The van der Waals surface area contributed by atoms with Crippen LogP contribution < -0.4 is 0 Å². The first kappa shape index (κ1) is 10.1. The molecule has 0 unspecified atom stereocenters. The zero-order valence-electron chi connectivity index (χ0n) is 7.84. The summed E-state index contributed by atoms with van der Waals surface area (Å²) >= 11 is 5.95. The fraction of sp³-hybridized carbons (Fsp3) is 0.273. The highest BCUT2D eigenvalue weighted by Gasteiger charge is 2.05. The van der Waals surface area contributed by atoms with Gasteiger partial charge in [-0.05, 0) is 23.6 Å². The molecule has 2 heteroatoms. The Bertz CT molecular complexity index is 329. The molecule has 1 aromatic rings. The zero-order valence-corrected chi connectivity index (χ0v) is 8.60. The minimum atomic E-state index is 0.0142. The number of aliphatic hydroxyl groups is 1. The second-order valence-corrected chi connectivity index (χ2v) is 3.75. The molecular formula is C11H13ClO. The van der Waals surface area contributed by atoms with Gasteiger partial charge in [0.15, 0.2) is 0 Å². The summed E-state index contributed by atoms with van der Waals surface area (Å²) in [4.78, 5) is 0. The summed E-state index contributed by atoms with van der Waals surface area (Å²) in [5.74, 6) is 0.457. The second kappa shape index (κ2) is 3.84. The first-order chi connectivity index (χ1) is 6.02. The average molecular weight is 197 g/mol. The van der Waals surface area contributed by atoms with E-state index in [-0.39, 0.29) is 5.76 Å². The average Bonchev–Trinajstić information content (AvgIpc) is 2.03. The van der Waals surface area contributed by atoms with Gasteiger partial charge in [-0.25, -0.2) is 0 Å². The highest BCUT2D eigenvalue weighted by Crippen LogP contribution is 2.25. The molecule has 0 bridgehead atoms. The van der Waals surface area contributed by atoms with Gasteiger partial charge < -0.3 is 5.11 Å². The normalized spacial score (nSPS) is 10.5. The number of hydrogen-bond donors (Lipinski definition) is 1. The molecule has 0 saturated heterocycles. The molecular weight excluding hydrogens is 184 g/mol. The third-order valence-corrected chi connectivity index (χ3v) is 2.28. The fourth-order valence-electron chi connectivity index (χ4n) is 1.12. The Morgan fingerprint density at radius 1 is 1.46 bits per heavy atom. The summed E-state index contributed by atoms with van der Waals surface area (Å²) in [5.41, 5.74) is 1.76. The van der Waals surface area contributed by atoms with Crippen molar-refractivity contribution >= 4 is 17.4 Å². The van der Waals surface area contributed by atoms with Gasteiger partial charge in [0.2, 0.25) is 0 Å². The maximum atomic E-state index is 9.16. The fourth-order valence-corrected chi connectivity index (χ4v) is 1.42. The molecule has 13 heavy (non-hydrogen) atoms. The Morgan fingerprint density at radius 3 is 2.46 bits per heavy atom. The van der Waals surface area contributed by atoms with Crippen LogP contribution in [0.5, 0.6) is 0 Å². The van der Waals surface area contributed by atoms with Crippen molar-refractivity contribution in [1.29, 1.82) is 0 Å². The van der Waals surface area contributed by atoms with Gasteiger partial charge in [0.05, 0.1) is 5.02 Å². The van der Waals surface area contributed by atoms with Crippen LogP contribution in [0.1, 0.15) is 30.9 Å². The van der Waals surface area contributed by atoms with Gasteiger partial charge in [-0.3, -0.25) is 0 Å². The Kier molecular flexibility index (Phi) is 2.99. The van der Waals surface area contributed by atoms with Crippen molar-refractivity contribution in [2.45, 2.75) is 19.8 Å². The number of hydrogen-bond acceptors (Lipinski definition) is 1. The van der Waals surface area contributed by atoms with Crippen molar-refractivity contribution in [3.63, 3.8) is 0 Å². The molecule has 0 spiro atoms. The molecule has 0 fully saturated rings. The van der Waals surface area contributed by atoms with Crippen molar-refractivity contribution in [3.8, 4) is 0 Å². The molecule has 1 aromatic carbocycles. The topological polar surface area (TPSA) is 20.2 Å². The molecule has 0 aliphatic heterocycles. The van der Waals surface area contributed by atoms with E-state index >= 15 is 0 Å². The van der Waals surface area contributed by atoms with Gasteiger partial charge in [0, 0.05) is 5.56 Å². The Hall–Kier alpha value is -0.950. The van der Waals surface area contributed by atoms with E-state index in [9.17, 15) is 0 Å². The lowest BCUT2D eigenvalue weighted by Crippen LogP contribution is -1.89. The number of aliphatic hydroxyl groups excluding tert-OH is 1. The van der Waals surface area contributed by atoms with Crippen molar-refractivity contribution in [3.05, 3.63) is 40.9 Å². The lowest BCUT2D eigenvalue weighted by molar-refractivity contribution is 0.514. The van der Waals surface area contributed by atoms with Crippen LogP contribution in [0.25, 0.3) is 5.76 Å². The van der Waals surface area contributed by atoms with E-state index < -0.39 is 0 Å². The maximum absolute atomic E-state index is 9.16.